The number of nitrogens with one attached hydrogen (secondary N) is 1. The summed E-state index contributed by atoms with van der Waals surface area (Å²) >= 11 is 1.79. The van der Waals surface area contributed by atoms with E-state index >= 15 is 0 Å². The number of rotatable bonds is 8. The molecule has 0 saturated carbocycles. The monoisotopic (exact) mass is 266 g/mol. The molecule has 0 aromatic heterocycles. The molecule has 0 heterocycles. The molecule has 0 aliphatic carbocycles. The smallest absolute Gasteiger partial charge is 0.00693 e. The molecule has 0 bridgehead atoms. The van der Waals surface area contributed by atoms with E-state index in [1.54, 1.807) is 11.8 Å². The van der Waals surface area contributed by atoms with Crippen molar-refractivity contribution in [1.82, 2.24) is 5.32 Å². The van der Waals surface area contributed by atoms with Gasteiger partial charge in [-0.15, -0.1) is 11.8 Å². The minimum atomic E-state index is 0.257. The number of nitrogens with two attached hydrogens (primary N) is 1. The molecule has 18 heavy (non-hydrogen) atoms. The third-order valence-electron chi connectivity index (χ3n) is 3.28. The molecule has 3 N–H and O–H groups in total. The Labute approximate surface area is 116 Å². The molecule has 0 unspecified atom stereocenters. The first-order valence-corrected chi connectivity index (χ1v) is 7.83. The van der Waals surface area contributed by atoms with Crippen LogP contribution in [0.3, 0.4) is 0 Å². The van der Waals surface area contributed by atoms with E-state index in [0.29, 0.717) is 0 Å². The van der Waals surface area contributed by atoms with Gasteiger partial charge in [0.1, 0.15) is 0 Å². The summed E-state index contributed by atoms with van der Waals surface area (Å²) in [5, 5.41) is 3.49. The van der Waals surface area contributed by atoms with Crippen molar-refractivity contribution in [2.75, 3.05) is 25.9 Å². The summed E-state index contributed by atoms with van der Waals surface area (Å²) in [6.07, 6.45) is 4.34. The van der Waals surface area contributed by atoms with E-state index in [0.717, 1.165) is 32.5 Å². The number of hydrogen-bond donors (Lipinski definition) is 2. The molecule has 0 fully saturated rings. The summed E-state index contributed by atoms with van der Waals surface area (Å²) in [5.74, 6) is 0. The summed E-state index contributed by atoms with van der Waals surface area (Å²) in [6, 6.07) is 8.82. The lowest BCUT2D eigenvalue weighted by Gasteiger charge is -2.22. The van der Waals surface area contributed by atoms with Gasteiger partial charge in [0.2, 0.25) is 0 Å². The molecule has 0 spiro atoms. The second-order valence-corrected chi connectivity index (χ2v) is 6.35. The highest BCUT2D eigenvalue weighted by Gasteiger charge is 2.13. The van der Waals surface area contributed by atoms with Gasteiger partial charge in [-0.25, -0.2) is 0 Å². The minimum absolute atomic E-state index is 0.257. The van der Waals surface area contributed by atoms with Crippen LogP contribution in [0.4, 0.5) is 0 Å². The zero-order chi connectivity index (χ0) is 13.4. The van der Waals surface area contributed by atoms with Crippen molar-refractivity contribution < 1.29 is 0 Å². The Balaban J connectivity index is 2.17. The summed E-state index contributed by atoms with van der Waals surface area (Å²) in [6.45, 7) is 7.28. The largest absolute Gasteiger partial charge is 0.330 e. The second kappa shape index (κ2) is 7.82. The van der Waals surface area contributed by atoms with Crippen molar-refractivity contribution in [2.24, 2.45) is 11.1 Å². The van der Waals surface area contributed by atoms with E-state index in [-0.39, 0.29) is 5.41 Å². The molecule has 0 aliphatic heterocycles. The van der Waals surface area contributed by atoms with Crippen molar-refractivity contribution in [3.05, 3.63) is 29.8 Å². The van der Waals surface area contributed by atoms with Gasteiger partial charge in [0.25, 0.3) is 0 Å². The van der Waals surface area contributed by atoms with Gasteiger partial charge in [0, 0.05) is 4.90 Å². The fourth-order valence-electron chi connectivity index (χ4n) is 1.68. The van der Waals surface area contributed by atoms with Crippen molar-refractivity contribution in [1.29, 1.82) is 0 Å². The van der Waals surface area contributed by atoms with Crippen LogP contribution in [0.1, 0.15) is 25.8 Å². The molecule has 1 aromatic rings. The topological polar surface area (TPSA) is 38.0 Å². The maximum absolute atomic E-state index is 5.71. The van der Waals surface area contributed by atoms with Gasteiger partial charge >= 0.3 is 0 Å². The third kappa shape index (κ3) is 5.89. The quantitative estimate of drug-likeness (QED) is 0.561. The van der Waals surface area contributed by atoms with Gasteiger partial charge in [0.05, 0.1) is 0 Å². The third-order valence-corrected chi connectivity index (χ3v) is 4.02. The Kier molecular flexibility index (Phi) is 6.76. The average Bonchev–Trinajstić information content (AvgIpc) is 2.39. The van der Waals surface area contributed by atoms with Gasteiger partial charge in [0.15, 0.2) is 0 Å². The summed E-state index contributed by atoms with van der Waals surface area (Å²) in [5.41, 5.74) is 7.37. The molecule has 0 radical (unpaired) electrons. The maximum atomic E-state index is 5.71. The Morgan fingerprint density at radius 1 is 1.17 bits per heavy atom. The Bertz CT molecular complexity index is 333. The van der Waals surface area contributed by atoms with Crippen molar-refractivity contribution in [3.63, 3.8) is 0 Å². The molecular weight excluding hydrogens is 240 g/mol. The first-order valence-electron chi connectivity index (χ1n) is 6.61. The zero-order valence-corrected chi connectivity index (χ0v) is 12.6. The predicted octanol–water partition coefficient (Wildman–Crippen LogP) is 2.92. The molecular formula is C15H26N2S. The number of hydrogen-bond acceptors (Lipinski definition) is 3. The van der Waals surface area contributed by atoms with Crippen LogP contribution in [-0.4, -0.2) is 25.9 Å². The summed E-state index contributed by atoms with van der Waals surface area (Å²) < 4.78 is 0. The van der Waals surface area contributed by atoms with Gasteiger partial charge in [-0.3, -0.25) is 0 Å². The van der Waals surface area contributed by atoms with Crippen LogP contribution in [-0.2, 0) is 6.42 Å². The van der Waals surface area contributed by atoms with Gasteiger partial charge in [-0.2, -0.15) is 0 Å². The molecule has 1 aromatic carbocycles. The zero-order valence-electron chi connectivity index (χ0n) is 11.8. The average molecular weight is 266 g/mol. The lowest BCUT2D eigenvalue weighted by molar-refractivity contribution is 0.340. The fourth-order valence-corrected chi connectivity index (χ4v) is 2.09. The van der Waals surface area contributed by atoms with Gasteiger partial charge in [-0.1, -0.05) is 26.0 Å². The van der Waals surface area contributed by atoms with E-state index in [2.05, 4.69) is 49.7 Å². The highest BCUT2D eigenvalue weighted by atomic mass is 32.2. The number of thioether (sulfide) groups is 1. The van der Waals surface area contributed by atoms with Crippen LogP contribution in [0.25, 0.3) is 0 Å². The van der Waals surface area contributed by atoms with Crippen LogP contribution >= 0.6 is 11.8 Å². The van der Waals surface area contributed by atoms with Gasteiger partial charge in [-0.05, 0) is 61.8 Å². The van der Waals surface area contributed by atoms with Crippen LogP contribution in [0.5, 0.6) is 0 Å². The first-order chi connectivity index (χ1) is 8.57. The van der Waals surface area contributed by atoms with Crippen LogP contribution in [0.2, 0.25) is 0 Å². The predicted molar refractivity (Wildman–Crippen MR) is 82.2 cm³/mol. The summed E-state index contributed by atoms with van der Waals surface area (Å²) in [4.78, 5) is 1.33. The van der Waals surface area contributed by atoms with Crippen LogP contribution in [0.15, 0.2) is 29.2 Å². The van der Waals surface area contributed by atoms with Crippen LogP contribution < -0.4 is 11.1 Å². The standard InChI is InChI=1S/C15H26N2S/c1-15(2,12-16)9-11-17-10-8-13-4-6-14(18-3)7-5-13/h4-7,17H,8-12,16H2,1-3H3. The van der Waals surface area contributed by atoms with E-state index in [1.165, 1.54) is 10.5 Å². The van der Waals surface area contributed by atoms with Crippen molar-refractivity contribution >= 4 is 11.8 Å². The molecule has 2 nitrogen and oxygen atoms in total. The van der Waals surface area contributed by atoms with Gasteiger partial charge < -0.3 is 11.1 Å². The second-order valence-electron chi connectivity index (χ2n) is 5.47. The molecule has 3 heteroatoms. The highest BCUT2D eigenvalue weighted by Crippen LogP contribution is 2.17. The number of benzene rings is 1. The molecule has 0 aliphatic rings. The molecule has 102 valence electrons. The van der Waals surface area contributed by atoms with E-state index in [1.807, 2.05) is 0 Å². The van der Waals surface area contributed by atoms with Crippen molar-refractivity contribution in [2.45, 2.75) is 31.6 Å². The highest BCUT2D eigenvalue weighted by molar-refractivity contribution is 7.98. The van der Waals surface area contributed by atoms with E-state index in [9.17, 15) is 0 Å². The fraction of sp³-hybridized carbons (Fsp3) is 0.600. The molecule has 0 saturated heterocycles. The molecule has 1 rings (SSSR count). The van der Waals surface area contributed by atoms with Crippen molar-refractivity contribution in [3.8, 4) is 0 Å². The SMILES string of the molecule is CSc1ccc(CCNCCC(C)(C)CN)cc1. The Hall–Kier alpha value is -0.510. The van der Waals surface area contributed by atoms with E-state index in [4.69, 9.17) is 5.73 Å². The maximum Gasteiger partial charge on any atom is 0.00693 e. The van der Waals surface area contributed by atoms with E-state index < -0.39 is 0 Å². The first kappa shape index (κ1) is 15.5. The lowest BCUT2D eigenvalue weighted by atomic mass is 9.90. The lowest BCUT2D eigenvalue weighted by Crippen LogP contribution is -2.29. The Morgan fingerprint density at radius 2 is 1.83 bits per heavy atom. The van der Waals surface area contributed by atoms with Crippen LogP contribution in [0, 0.1) is 5.41 Å². The molecule has 0 atom stereocenters. The molecule has 0 amide bonds. The summed E-state index contributed by atoms with van der Waals surface area (Å²) in [7, 11) is 0. The normalized spacial score (nSPS) is 11.8. The minimum Gasteiger partial charge on any atom is -0.330 e. The Morgan fingerprint density at radius 3 is 2.39 bits per heavy atom.